The van der Waals surface area contributed by atoms with Crippen molar-refractivity contribution in [2.75, 3.05) is 7.05 Å². The number of halogens is 1. The summed E-state index contributed by atoms with van der Waals surface area (Å²) < 4.78 is 0. The first-order valence-electron chi connectivity index (χ1n) is 6.28. The number of hydrogen-bond acceptors (Lipinski definition) is 1. The lowest BCUT2D eigenvalue weighted by Crippen LogP contribution is -2.35. The Balaban J connectivity index is 1.95. The van der Waals surface area contributed by atoms with Gasteiger partial charge in [-0.3, -0.25) is 4.79 Å². The zero-order chi connectivity index (χ0) is 13.1. The van der Waals surface area contributed by atoms with Crippen molar-refractivity contribution in [1.82, 2.24) is 4.90 Å². The third-order valence-corrected chi connectivity index (χ3v) is 3.80. The van der Waals surface area contributed by atoms with Gasteiger partial charge >= 0.3 is 0 Å². The maximum atomic E-state index is 12.0. The van der Waals surface area contributed by atoms with Crippen LogP contribution in [0, 0.1) is 5.92 Å². The third kappa shape index (κ3) is 3.36. The Kier molecular flexibility index (Phi) is 4.07. The number of rotatable bonds is 4. The van der Waals surface area contributed by atoms with E-state index >= 15 is 0 Å². The molecule has 1 fully saturated rings. The molecule has 0 saturated heterocycles. The highest BCUT2D eigenvalue weighted by Crippen LogP contribution is 2.34. The summed E-state index contributed by atoms with van der Waals surface area (Å²) in [5, 5.41) is 0.706. The summed E-state index contributed by atoms with van der Waals surface area (Å²) in [6, 6.07) is 7.78. The van der Waals surface area contributed by atoms with Crippen molar-refractivity contribution in [2.45, 2.75) is 25.8 Å². The van der Waals surface area contributed by atoms with Crippen LogP contribution in [-0.2, 0) is 4.79 Å². The topological polar surface area (TPSA) is 20.3 Å². The molecular weight excluding hydrogens is 246 g/mol. The van der Waals surface area contributed by atoms with E-state index in [-0.39, 0.29) is 5.91 Å². The van der Waals surface area contributed by atoms with Gasteiger partial charge in [0, 0.05) is 24.2 Å². The molecule has 1 aliphatic rings. The van der Waals surface area contributed by atoms with Crippen molar-refractivity contribution in [2.24, 2.45) is 5.92 Å². The number of carbonyl (C=O) groups excluding carboxylic acids is 1. The van der Waals surface area contributed by atoms with Gasteiger partial charge in [0.2, 0.25) is 5.91 Å². The molecule has 0 radical (unpaired) electrons. The summed E-state index contributed by atoms with van der Waals surface area (Å²) in [4.78, 5) is 13.8. The van der Waals surface area contributed by atoms with Crippen LogP contribution in [0.5, 0.6) is 0 Å². The number of nitrogens with zero attached hydrogens (tertiary/aromatic N) is 1. The van der Waals surface area contributed by atoms with E-state index < -0.39 is 0 Å². The van der Waals surface area contributed by atoms with Crippen LogP contribution in [0.2, 0.25) is 5.02 Å². The molecule has 0 aromatic heterocycles. The van der Waals surface area contributed by atoms with Crippen LogP contribution in [-0.4, -0.2) is 23.9 Å². The average Bonchev–Trinajstić information content (AvgIpc) is 3.20. The van der Waals surface area contributed by atoms with E-state index in [1.807, 2.05) is 42.3 Å². The van der Waals surface area contributed by atoms with E-state index in [9.17, 15) is 4.79 Å². The van der Waals surface area contributed by atoms with E-state index in [4.69, 9.17) is 11.6 Å². The Bertz CT molecular complexity index is 448. The van der Waals surface area contributed by atoms with E-state index in [2.05, 4.69) is 6.92 Å². The fraction of sp³-hybridized carbons (Fsp3) is 0.400. The fourth-order valence-electron chi connectivity index (χ4n) is 1.95. The molecule has 0 aliphatic heterocycles. The van der Waals surface area contributed by atoms with Gasteiger partial charge in [-0.2, -0.15) is 0 Å². The Labute approximate surface area is 113 Å². The van der Waals surface area contributed by atoms with Gasteiger partial charge in [0.05, 0.1) is 0 Å². The van der Waals surface area contributed by atoms with Gasteiger partial charge in [-0.25, -0.2) is 0 Å². The number of amides is 1. The predicted molar refractivity (Wildman–Crippen MR) is 75.4 cm³/mol. The highest BCUT2D eigenvalue weighted by molar-refractivity contribution is 6.30. The normalized spacial score (nSPS) is 16.8. The highest BCUT2D eigenvalue weighted by Gasteiger charge is 2.31. The molecule has 1 saturated carbocycles. The summed E-state index contributed by atoms with van der Waals surface area (Å²) in [5.74, 6) is 0.757. The van der Waals surface area contributed by atoms with Crippen LogP contribution in [0.4, 0.5) is 0 Å². The molecule has 0 heterocycles. The molecule has 1 amide bonds. The lowest BCUT2D eigenvalue weighted by molar-refractivity contribution is -0.126. The minimum Gasteiger partial charge on any atom is -0.339 e. The van der Waals surface area contributed by atoms with E-state index in [0.29, 0.717) is 17.0 Å². The van der Waals surface area contributed by atoms with Crippen LogP contribution in [0.1, 0.15) is 25.3 Å². The molecule has 18 heavy (non-hydrogen) atoms. The van der Waals surface area contributed by atoms with E-state index in [1.54, 1.807) is 6.08 Å². The average molecular weight is 264 g/mol. The lowest BCUT2D eigenvalue weighted by Gasteiger charge is -2.23. The summed E-state index contributed by atoms with van der Waals surface area (Å²) >= 11 is 5.81. The smallest absolute Gasteiger partial charge is 0.246 e. The fourth-order valence-corrected chi connectivity index (χ4v) is 2.08. The van der Waals surface area contributed by atoms with Crippen molar-refractivity contribution >= 4 is 23.6 Å². The summed E-state index contributed by atoms with van der Waals surface area (Å²) in [7, 11) is 1.87. The van der Waals surface area contributed by atoms with Gasteiger partial charge in [0.15, 0.2) is 0 Å². The second-order valence-electron chi connectivity index (χ2n) is 4.91. The van der Waals surface area contributed by atoms with Crippen molar-refractivity contribution in [1.29, 1.82) is 0 Å². The molecule has 0 N–H and O–H groups in total. The Morgan fingerprint density at radius 2 is 2.00 bits per heavy atom. The molecule has 1 aliphatic carbocycles. The van der Waals surface area contributed by atoms with Crippen LogP contribution < -0.4 is 0 Å². The van der Waals surface area contributed by atoms with Gasteiger partial charge in [-0.05, 0) is 49.5 Å². The molecule has 1 aromatic carbocycles. The zero-order valence-electron chi connectivity index (χ0n) is 10.8. The number of likely N-dealkylation sites (N-methyl/N-ethyl adjacent to an activating group) is 1. The third-order valence-electron chi connectivity index (χ3n) is 3.55. The molecule has 0 bridgehead atoms. The van der Waals surface area contributed by atoms with Gasteiger partial charge in [-0.1, -0.05) is 23.7 Å². The Morgan fingerprint density at radius 3 is 2.56 bits per heavy atom. The number of hydrogen-bond donors (Lipinski definition) is 0. The summed E-state index contributed by atoms with van der Waals surface area (Å²) in [6.45, 7) is 2.12. The number of carbonyl (C=O) groups is 1. The SMILES string of the molecule is CC(C1CC1)N(C)C(=O)/C=C/c1ccc(Cl)cc1. The van der Waals surface area contributed by atoms with Crippen LogP contribution in [0.3, 0.4) is 0 Å². The first kappa shape index (κ1) is 13.2. The van der Waals surface area contributed by atoms with E-state index in [0.717, 1.165) is 5.56 Å². The summed E-state index contributed by atoms with van der Waals surface area (Å²) in [6.07, 6.45) is 5.95. The lowest BCUT2D eigenvalue weighted by atomic mass is 10.1. The van der Waals surface area contributed by atoms with Crippen LogP contribution in [0.15, 0.2) is 30.3 Å². The summed E-state index contributed by atoms with van der Waals surface area (Å²) in [5.41, 5.74) is 0.986. The molecule has 0 spiro atoms. The van der Waals surface area contributed by atoms with E-state index in [1.165, 1.54) is 12.8 Å². The first-order chi connectivity index (χ1) is 8.58. The molecular formula is C15H18ClNO. The minimum atomic E-state index is 0.0596. The monoisotopic (exact) mass is 263 g/mol. The molecule has 96 valence electrons. The van der Waals surface area contributed by atoms with Gasteiger partial charge in [0.25, 0.3) is 0 Å². The minimum absolute atomic E-state index is 0.0596. The molecule has 1 aromatic rings. The Hall–Kier alpha value is -1.28. The predicted octanol–water partition coefficient (Wildman–Crippen LogP) is 3.61. The van der Waals surface area contributed by atoms with Crippen molar-refractivity contribution in [3.8, 4) is 0 Å². The largest absolute Gasteiger partial charge is 0.339 e. The van der Waals surface area contributed by atoms with Gasteiger partial charge in [-0.15, -0.1) is 0 Å². The van der Waals surface area contributed by atoms with Gasteiger partial charge in [0.1, 0.15) is 0 Å². The quantitative estimate of drug-likeness (QED) is 0.760. The zero-order valence-corrected chi connectivity index (χ0v) is 11.5. The molecule has 3 heteroatoms. The maximum Gasteiger partial charge on any atom is 0.246 e. The van der Waals surface area contributed by atoms with Crippen LogP contribution >= 0.6 is 11.6 Å². The van der Waals surface area contributed by atoms with Crippen molar-refractivity contribution in [3.63, 3.8) is 0 Å². The highest BCUT2D eigenvalue weighted by atomic mass is 35.5. The molecule has 2 rings (SSSR count). The van der Waals surface area contributed by atoms with Crippen molar-refractivity contribution in [3.05, 3.63) is 40.9 Å². The maximum absolute atomic E-state index is 12.0. The van der Waals surface area contributed by atoms with Crippen LogP contribution in [0.25, 0.3) is 6.08 Å². The van der Waals surface area contributed by atoms with Gasteiger partial charge < -0.3 is 4.90 Å². The molecule has 1 unspecified atom stereocenters. The number of benzene rings is 1. The van der Waals surface area contributed by atoms with Crippen molar-refractivity contribution < 1.29 is 4.79 Å². The first-order valence-corrected chi connectivity index (χ1v) is 6.66. The molecule has 1 atom stereocenters. The second-order valence-corrected chi connectivity index (χ2v) is 5.35. The second kappa shape index (κ2) is 5.57. The standard InChI is InChI=1S/C15H18ClNO/c1-11(13-6-7-13)17(2)15(18)10-5-12-3-8-14(16)9-4-12/h3-5,8-11,13H,6-7H2,1-2H3/b10-5+. The Morgan fingerprint density at radius 1 is 1.39 bits per heavy atom. The molecule has 2 nitrogen and oxygen atoms in total.